The molecule has 0 atom stereocenters. The van der Waals surface area contributed by atoms with Crippen LogP contribution in [0.4, 0.5) is 0 Å². The predicted molar refractivity (Wildman–Crippen MR) is 58.5 cm³/mol. The number of hydrogen-bond donors (Lipinski definition) is 0. The fourth-order valence-electron chi connectivity index (χ4n) is 1.40. The number of fused-ring (bicyclic) bond motifs is 1. The Labute approximate surface area is 93.4 Å². The topological polar surface area (TPSA) is 44.8 Å². The number of benzene rings is 1. The highest BCUT2D eigenvalue weighted by Gasteiger charge is 2.10. The van der Waals surface area contributed by atoms with Crippen molar-refractivity contribution >= 4 is 12.0 Å². The smallest absolute Gasteiger partial charge is 0.330 e. The van der Waals surface area contributed by atoms with Gasteiger partial charge in [-0.3, -0.25) is 0 Å². The summed E-state index contributed by atoms with van der Waals surface area (Å²) >= 11 is 0. The van der Waals surface area contributed by atoms with Gasteiger partial charge in [0.15, 0.2) is 11.5 Å². The van der Waals surface area contributed by atoms with Gasteiger partial charge in [-0.25, -0.2) is 4.79 Å². The molecule has 1 aromatic carbocycles. The Morgan fingerprint density at radius 1 is 1.31 bits per heavy atom. The third kappa shape index (κ3) is 2.34. The third-order valence-electron chi connectivity index (χ3n) is 2.18. The Hall–Kier alpha value is -1.97. The summed E-state index contributed by atoms with van der Waals surface area (Å²) in [5.41, 5.74) is 0.870. The Morgan fingerprint density at radius 2 is 2.06 bits per heavy atom. The average molecular weight is 220 g/mol. The summed E-state index contributed by atoms with van der Waals surface area (Å²) < 4.78 is 15.3. The van der Waals surface area contributed by atoms with Crippen LogP contribution >= 0.6 is 0 Å². The van der Waals surface area contributed by atoms with Gasteiger partial charge in [0.25, 0.3) is 0 Å². The molecular weight excluding hydrogens is 208 g/mol. The van der Waals surface area contributed by atoms with Crippen molar-refractivity contribution in [3.8, 4) is 11.5 Å². The molecule has 0 radical (unpaired) electrons. The minimum Gasteiger partial charge on any atom is -0.486 e. The van der Waals surface area contributed by atoms with E-state index in [4.69, 9.17) is 9.47 Å². The van der Waals surface area contributed by atoms with E-state index in [-0.39, 0.29) is 5.97 Å². The number of hydrogen-bond acceptors (Lipinski definition) is 4. The lowest BCUT2D eigenvalue weighted by Crippen LogP contribution is -2.15. The van der Waals surface area contributed by atoms with Crippen LogP contribution in [0.3, 0.4) is 0 Å². The number of carbonyl (C=O) groups is 1. The van der Waals surface area contributed by atoms with Crippen molar-refractivity contribution in [3.05, 3.63) is 29.8 Å². The van der Waals surface area contributed by atoms with E-state index in [1.165, 1.54) is 13.2 Å². The first-order chi connectivity index (χ1) is 7.79. The van der Waals surface area contributed by atoms with Gasteiger partial charge >= 0.3 is 5.97 Å². The molecule has 1 aliphatic heterocycles. The molecule has 0 bridgehead atoms. The minimum absolute atomic E-state index is 0.380. The Morgan fingerprint density at radius 3 is 2.81 bits per heavy atom. The molecule has 0 unspecified atom stereocenters. The number of ether oxygens (including phenoxy) is 3. The van der Waals surface area contributed by atoms with E-state index in [2.05, 4.69) is 4.74 Å². The lowest BCUT2D eigenvalue weighted by Gasteiger charge is -2.18. The summed E-state index contributed by atoms with van der Waals surface area (Å²) in [5.74, 6) is 1.06. The van der Waals surface area contributed by atoms with Crippen LogP contribution in [0.15, 0.2) is 24.3 Å². The van der Waals surface area contributed by atoms with Crippen molar-refractivity contribution in [3.63, 3.8) is 0 Å². The van der Waals surface area contributed by atoms with Crippen LogP contribution in [-0.4, -0.2) is 26.3 Å². The van der Waals surface area contributed by atoms with Crippen LogP contribution in [0.1, 0.15) is 5.56 Å². The molecular formula is C12H12O4. The van der Waals surface area contributed by atoms with Gasteiger partial charge in [-0.05, 0) is 23.8 Å². The molecule has 0 amide bonds. The van der Waals surface area contributed by atoms with Crippen molar-refractivity contribution in [1.29, 1.82) is 0 Å². The van der Waals surface area contributed by atoms with Gasteiger partial charge in [0, 0.05) is 6.08 Å². The molecule has 84 valence electrons. The fourth-order valence-corrected chi connectivity index (χ4v) is 1.40. The normalized spacial score (nSPS) is 13.8. The van der Waals surface area contributed by atoms with Crippen LogP contribution in [-0.2, 0) is 9.53 Å². The molecule has 1 aromatic rings. The maximum absolute atomic E-state index is 10.9. The Kier molecular flexibility index (Phi) is 3.10. The maximum atomic E-state index is 10.9. The van der Waals surface area contributed by atoms with Gasteiger partial charge in [0.2, 0.25) is 0 Å². The van der Waals surface area contributed by atoms with Crippen LogP contribution < -0.4 is 9.47 Å². The molecule has 16 heavy (non-hydrogen) atoms. The molecule has 0 spiro atoms. The van der Waals surface area contributed by atoms with Crippen molar-refractivity contribution in [2.75, 3.05) is 20.3 Å². The summed E-state index contributed by atoms with van der Waals surface area (Å²) in [6.45, 7) is 1.13. The lowest BCUT2D eigenvalue weighted by atomic mass is 10.2. The second kappa shape index (κ2) is 4.70. The molecule has 0 aliphatic carbocycles. The molecule has 0 N–H and O–H groups in total. The number of rotatable bonds is 2. The van der Waals surface area contributed by atoms with E-state index in [1.54, 1.807) is 6.08 Å². The summed E-state index contributed by atoms with van der Waals surface area (Å²) in [4.78, 5) is 10.9. The lowest BCUT2D eigenvalue weighted by molar-refractivity contribution is -0.134. The molecule has 2 rings (SSSR count). The van der Waals surface area contributed by atoms with Gasteiger partial charge < -0.3 is 14.2 Å². The molecule has 1 heterocycles. The van der Waals surface area contributed by atoms with Gasteiger partial charge in [0.05, 0.1) is 7.11 Å². The Bertz CT molecular complexity index is 423. The molecule has 0 saturated heterocycles. The van der Waals surface area contributed by atoms with E-state index in [0.717, 1.165) is 11.3 Å². The summed E-state index contributed by atoms with van der Waals surface area (Å²) in [7, 11) is 1.34. The van der Waals surface area contributed by atoms with Crippen molar-refractivity contribution in [2.45, 2.75) is 0 Å². The third-order valence-corrected chi connectivity index (χ3v) is 2.18. The first-order valence-corrected chi connectivity index (χ1v) is 4.95. The van der Waals surface area contributed by atoms with Crippen molar-refractivity contribution in [2.24, 2.45) is 0 Å². The highest BCUT2D eigenvalue weighted by atomic mass is 16.6. The summed E-state index contributed by atoms with van der Waals surface area (Å²) in [5, 5.41) is 0. The van der Waals surface area contributed by atoms with E-state index in [1.807, 2.05) is 18.2 Å². The number of esters is 1. The maximum Gasteiger partial charge on any atom is 0.330 e. The minimum atomic E-state index is -0.380. The average Bonchev–Trinajstić information content (AvgIpc) is 2.35. The summed E-state index contributed by atoms with van der Waals surface area (Å²) in [6.07, 6.45) is 3.04. The molecule has 1 aliphatic rings. The van der Waals surface area contributed by atoms with Gasteiger partial charge in [-0.1, -0.05) is 6.07 Å². The van der Waals surface area contributed by atoms with Crippen molar-refractivity contribution in [1.82, 2.24) is 0 Å². The van der Waals surface area contributed by atoms with E-state index in [9.17, 15) is 4.79 Å². The zero-order valence-corrected chi connectivity index (χ0v) is 8.93. The first-order valence-electron chi connectivity index (χ1n) is 4.95. The van der Waals surface area contributed by atoms with Crippen LogP contribution in [0.25, 0.3) is 6.08 Å². The second-order valence-electron chi connectivity index (χ2n) is 3.26. The molecule has 4 heteroatoms. The zero-order valence-electron chi connectivity index (χ0n) is 8.93. The van der Waals surface area contributed by atoms with E-state index >= 15 is 0 Å². The van der Waals surface area contributed by atoms with Gasteiger partial charge in [-0.15, -0.1) is 0 Å². The Balaban J connectivity index is 2.17. The highest BCUT2D eigenvalue weighted by molar-refractivity contribution is 5.87. The predicted octanol–water partition coefficient (Wildman–Crippen LogP) is 1.64. The van der Waals surface area contributed by atoms with E-state index in [0.29, 0.717) is 19.0 Å². The molecule has 0 fully saturated rings. The molecule has 0 saturated carbocycles. The van der Waals surface area contributed by atoms with Crippen LogP contribution in [0.2, 0.25) is 0 Å². The van der Waals surface area contributed by atoms with Crippen LogP contribution in [0, 0.1) is 0 Å². The zero-order chi connectivity index (χ0) is 11.4. The van der Waals surface area contributed by atoms with Crippen LogP contribution in [0.5, 0.6) is 11.5 Å². The van der Waals surface area contributed by atoms with Gasteiger partial charge in [0.1, 0.15) is 13.2 Å². The molecule has 0 aromatic heterocycles. The fraction of sp³-hybridized carbons (Fsp3) is 0.250. The molecule has 4 nitrogen and oxygen atoms in total. The highest BCUT2D eigenvalue weighted by Crippen LogP contribution is 2.30. The number of carbonyl (C=O) groups excluding carboxylic acids is 1. The van der Waals surface area contributed by atoms with Gasteiger partial charge in [-0.2, -0.15) is 0 Å². The van der Waals surface area contributed by atoms with E-state index < -0.39 is 0 Å². The monoisotopic (exact) mass is 220 g/mol. The standard InChI is InChI=1S/C12H12O4/c1-14-12(13)5-3-9-2-4-10-11(8-9)16-7-6-15-10/h2-5,8H,6-7H2,1H3/b5-3-. The van der Waals surface area contributed by atoms with Crippen molar-refractivity contribution < 1.29 is 19.0 Å². The largest absolute Gasteiger partial charge is 0.486 e. The SMILES string of the molecule is COC(=O)/C=C\c1ccc2c(c1)OCCO2. The quantitative estimate of drug-likeness (QED) is 0.561. The second-order valence-corrected chi connectivity index (χ2v) is 3.26. The number of methoxy groups -OCH3 is 1. The summed E-state index contributed by atoms with van der Waals surface area (Å²) in [6, 6.07) is 5.51. The first kappa shape index (κ1) is 10.5.